The van der Waals surface area contributed by atoms with E-state index in [1.807, 2.05) is 6.20 Å². The zero-order valence-corrected chi connectivity index (χ0v) is 21.1. The van der Waals surface area contributed by atoms with Crippen molar-refractivity contribution in [1.29, 1.82) is 0 Å². The van der Waals surface area contributed by atoms with Crippen molar-refractivity contribution in [2.45, 2.75) is 50.7 Å². The van der Waals surface area contributed by atoms with Crippen molar-refractivity contribution in [2.24, 2.45) is 0 Å². The first-order valence-electron chi connectivity index (χ1n) is 13.4. The number of hydrogen-bond donors (Lipinski definition) is 1. The Hall–Kier alpha value is -3.21. The molecule has 11 heteroatoms. The second-order valence-corrected chi connectivity index (χ2v) is 10.4. The van der Waals surface area contributed by atoms with Crippen LogP contribution in [0.25, 0.3) is 11.3 Å². The number of piperidine rings is 1. The lowest BCUT2D eigenvalue weighted by Gasteiger charge is -2.35. The fourth-order valence-electron chi connectivity index (χ4n) is 5.71. The number of hydrogen-bond acceptors (Lipinski definition) is 6. The highest BCUT2D eigenvalue weighted by atomic mass is 19.4. The van der Waals surface area contributed by atoms with Crippen LogP contribution in [0, 0.1) is 5.82 Å². The SMILES string of the molecule is Fc1ccc(-c2cn(CCN3CCC3)c(C3CCN(c4ncnc5c4CCCN5)CC3)n2)cc1C(F)(F)F. The Morgan fingerprint density at radius 1 is 1.00 bits per heavy atom. The van der Waals surface area contributed by atoms with Crippen LogP contribution in [-0.4, -0.2) is 63.7 Å². The summed E-state index contributed by atoms with van der Waals surface area (Å²) < 4.78 is 56.1. The molecule has 7 nitrogen and oxygen atoms in total. The second kappa shape index (κ2) is 10.2. The Balaban J connectivity index is 1.25. The van der Waals surface area contributed by atoms with Crippen molar-refractivity contribution in [3.63, 3.8) is 0 Å². The maximum Gasteiger partial charge on any atom is 0.419 e. The van der Waals surface area contributed by atoms with Crippen LogP contribution in [0.4, 0.5) is 29.2 Å². The number of imidazole rings is 1. The maximum atomic E-state index is 13.9. The molecule has 0 radical (unpaired) electrons. The largest absolute Gasteiger partial charge is 0.419 e. The Morgan fingerprint density at radius 2 is 1.82 bits per heavy atom. The van der Waals surface area contributed by atoms with Crippen LogP contribution in [0.3, 0.4) is 0 Å². The molecule has 2 fully saturated rings. The van der Waals surface area contributed by atoms with Crippen LogP contribution >= 0.6 is 0 Å². The molecule has 38 heavy (non-hydrogen) atoms. The van der Waals surface area contributed by atoms with Crippen LogP contribution in [0.2, 0.25) is 0 Å². The average Bonchev–Trinajstić information content (AvgIpc) is 3.31. The maximum absolute atomic E-state index is 13.9. The smallest absolute Gasteiger partial charge is 0.370 e. The predicted molar refractivity (Wildman–Crippen MR) is 137 cm³/mol. The molecule has 1 N–H and O–H groups in total. The van der Waals surface area contributed by atoms with Crippen molar-refractivity contribution in [2.75, 3.05) is 49.5 Å². The summed E-state index contributed by atoms with van der Waals surface area (Å²) in [5.74, 6) is 1.72. The fourth-order valence-corrected chi connectivity index (χ4v) is 5.71. The lowest BCUT2D eigenvalue weighted by atomic mass is 9.95. The molecule has 0 aliphatic carbocycles. The van der Waals surface area contributed by atoms with E-state index in [1.165, 1.54) is 18.1 Å². The van der Waals surface area contributed by atoms with Crippen LogP contribution in [0.15, 0.2) is 30.7 Å². The lowest BCUT2D eigenvalue weighted by molar-refractivity contribution is -0.139. The van der Waals surface area contributed by atoms with Crippen molar-refractivity contribution >= 4 is 11.6 Å². The quantitative estimate of drug-likeness (QED) is 0.457. The van der Waals surface area contributed by atoms with Gasteiger partial charge in [-0.3, -0.25) is 0 Å². The molecule has 3 aliphatic heterocycles. The fraction of sp³-hybridized carbons (Fsp3) is 0.519. The minimum atomic E-state index is -4.76. The third-order valence-electron chi connectivity index (χ3n) is 7.96. The number of nitrogens with one attached hydrogen (secondary N) is 1. The van der Waals surface area contributed by atoms with Gasteiger partial charge >= 0.3 is 6.18 Å². The van der Waals surface area contributed by atoms with Crippen molar-refractivity contribution in [1.82, 2.24) is 24.4 Å². The second-order valence-electron chi connectivity index (χ2n) is 10.4. The molecule has 0 amide bonds. The molecule has 3 aromatic rings. The van der Waals surface area contributed by atoms with Gasteiger partial charge in [-0.15, -0.1) is 0 Å². The summed E-state index contributed by atoms with van der Waals surface area (Å²) in [5, 5.41) is 3.36. The molecule has 2 aromatic heterocycles. The molecule has 2 saturated heterocycles. The van der Waals surface area contributed by atoms with E-state index in [0.29, 0.717) is 5.69 Å². The molecule has 1 aromatic carbocycles. The van der Waals surface area contributed by atoms with Gasteiger partial charge in [0.1, 0.15) is 29.6 Å². The molecule has 5 heterocycles. The number of halogens is 4. The number of nitrogens with zero attached hydrogens (tertiary/aromatic N) is 6. The van der Waals surface area contributed by atoms with Crippen LogP contribution < -0.4 is 10.2 Å². The number of anilines is 2. The Bertz CT molecular complexity index is 1290. The van der Waals surface area contributed by atoms with Gasteiger partial charge in [0.05, 0.1) is 11.3 Å². The lowest BCUT2D eigenvalue weighted by Crippen LogP contribution is -2.39. The standard InChI is InChI=1S/C27H31F4N7/c28-22-5-4-19(15-21(22)27(29,30)31)23-16-38(14-13-36-9-2-10-36)25(35-23)18-6-11-37(12-7-18)26-20-3-1-8-32-24(20)33-17-34-26/h4-5,15-18H,1-3,6-14H2,(H,32,33,34). The van der Waals surface area contributed by atoms with Crippen LogP contribution in [-0.2, 0) is 19.1 Å². The molecule has 202 valence electrons. The Labute approximate surface area is 218 Å². The molecule has 0 saturated carbocycles. The topological polar surface area (TPSA) is 62.1 Å². The number of alkyl halides is 3. The number of aromatic nitrogens is 4. The van der Waals surface area contributed by atoms with Gasteiger partial charge in [-0.1, -0.05) is 0 Å². The summed E-state index contributed by atoms with van der Waals surface area (Å²) in [6, 6.07) is 3.13. The van der Waals surface area contributed by atoms with Crippen molar-refractivity contribution < 1.29 is 17.6 Å². The van der Waals surface area contributed by atoms with Gasteiger partial charge in [0.15, 0.2) is 0 Å². The highest BCUT2D eigenvalue weighted by molar-refractivity contribution is 5.61. The molecule has 0 spiro atoms. The molecule has 6 rings (SSSR count). The summed E-state index contributed by atoms with van der Waals surface area (Å²) in [6.45, 7) is 6.29. The van der Waals surface area contributed by atoms with Gasteiger partial charge in [-0.2, -0.15) is 13.2 Å². The van der Waals surface area contributed by atoms with Gasteiger partial charge < -0.3 is 19.7 Å². The predicted octanol–water partition coefficient (Wildman–Crippen LogP) is 4.95. The number of rotatable bonds is 6. The molecular formula is C27H31F4N7. The van der Waals surface area contributed by atoms with Crippen molar-refractivity contribution in [3.8, 4) is 11.3 Å². The van der Waals surface area contributed by atoms with E-state index in [1.54, 1.807) is 6.33 Å². The number of fused-ring (bicyclic) bond motifs is 1. The number of likely N-dealkylation sites (tertiary alicyclic amines) is 1. The van der Waals surface area contributed by atoms with Gasteiger partial charge in [-0.25, -0.2) is 19.3 Å². The van der Waals surface area contributed by atoms with E-state index >= 15 is 0 Å². The third kappa shape index (κ3) is 4.95. The highest BCUT2D eigenvalue weighted by Crippen LogP contribution is 2.37. The van der Waals surface area contributed by atoms with Gasteiger partial charge in [0.2, 0.25) is 0 Å². The van der Waals surface area contributed by atoms with Gasteiger partial charge in [0, 0.05) is 56.0 Å². The molecule has 0 unspecified atom stereocenters. The summed E-state index contributed by atoms with van der Waals surface area (Å²) in [6.07, 6.45) is 3.63. The summed E-state index contributed by atoms with van der Waals surface area (Å²) in [7, 11) is 0. The van der Waals surface area contributed by atoms with E-state index in [0.717, 1.165) is 101 Å². The number of benzene rings is 1. The normalized spacial score (nSPS) is 18.7. The zero-order valence-electron chi connectivity index (χ0n) is 21.1. The zero-order chi connectivity index (χ0) is 26.3. The van der Waals surface area contributed by atoms with Crippen LogP contribution in [0.1, 0.15) is 48.6 Å². The summed E-state index contributed by atoms with van der Waals surface area (Å²) >= 11 is 0. The molecule has 3 aliphatic rings. The average molecular weight is 530 g/mol. The third-order valence-corrected chi connectivity index (χ3v) is 7.96. The van der Waals surface area contributed by atoms with E-state index in [9.17, 15) is 17.6 Å². The van der Waals surface area contributed by atoms with E-state index in [4.69, 9.17) is 4.98 Å². The summed E-state index contributed by atoms with van der Waals surface area (Å²) in [4.78, 5) is 18.5. The molecule has 0 bridgehead atoms. The Morgan fingerprint density at radius 3 is 2.55 bits per heavy atom. The van der Waals surface area contributed by atoms with Crippen LogP contribution in [0.5, 0.6) is 0 Å². The Kier molecular flexibility index (Phi) is 6.71. The van der Waals surface area contributed by atoms with E-state index in [2.05, 4.69) is 29.7 Å². The first-order valence-corrected chi connectivity index (χ1v) is 13.4. The molecule has 0 atom stereocenters. The van der Waals surface area contributed by atoms with Crippen molar-refractivity contribution in [3.05, 3.63) is 53.5 Å². The van der Waals surface area contributed by atoms with Gasteiger partial charge in [-0.05, 0) is 63.4 Å². The monoisotopic (exact) mass is 529 g/mol. The highest BCUT2D eigenvalue weighted by Gasteiger charge is 2.35. The van der Waals surface area contributed by atoms with E-state index < -0.39 is 17.6 Å². The minimum absolute atomic E-state index is 0.176. The summed E-state index contributed by atoms with van der Waals surface area (Å²) in [5.41, 5.74) is 0.641. The first kappa shape index (κ1) is 25.1. The van der Waals surface area contributed by atoms with E-state index in [-0.39, 0.29) is 11.5 Å². The minimum Gasteiger partial charge on any atom is -0.370 e. The van der Waals surface area contributed by atoms with Gasteiger partial charge in [0.25, 0.3) is 0 Å². The first-order chi connectivity index (χ1) is 18.4. The molecular weight excluding hydrogens is 498 g/mol.